The molecule has 0 aromatic carbocycles. The van der Waals surface area contributed by atoms with E-state index < -0.39 is 0 Å². The second kappa shape index (κ2) is 4.37. The highest BCUT2D eigenvalue weighted by atomic mass is 35.5. The zero-order chi connectivity index (χ0) is 12.7. The molecule has 2 bridgehead atoms. The van der Waals surface area contributed by atoms with Crippen LogP contribution in [0.4, 0.5) is 0 Å². The molecule has 7 heteroatoms. The van der Waals surface area contributed by atoms with Crippen LogP contribution in [0.25, 0.3) is 0 Å². The number of rotatable bonds is 2. The fourth-order valence-corrected chi connectivity index (χ4v) is 2.81. The summed E-state index contributed by atoms with van der Waals surface area (Å²) < 4.78 is 0. The van der Waals surface area contributed by atoms with E-state index in [9.17, 15) is 9.90 Å². The van der Waals surface area contributed by atoms with Crippen LogP contribution in [-0.2, 0) is 0 Å². The van der Waals surface area contributed by atoms with Gasteiger partial charge in [-0.3, -0.25) is 4.79 Å². The summed E-state index contributed by atoms with van der Waals surface area (Å²) in [6.07, 6.45) is 4.34. The van der Waals surface area contributed by atoms with Crippen molar-refractivity contribution in [2.24, 2.45) is 0 Å². The van der Waals surface area contributed by atoms with Gasteiger partial charge in [-0.15, -0.1) is 0 Å². The van der Waals surface area contributed by atoms with Gasteiger partial charge in [0, 0.05) is 18.1 Å². The van der Waals surface area contributed by atoms with Gasteiger partial charge in [-0.2, -0.15) is 0 Å². The van der Waals surface area contributed by atoms with Crippen LogP contribution in [0.3, 0.4) is 0 Å². The van der Waals surface area contributed by atoms with Crippen LogP contribution in [-0.4, -0.2) is 39.1 Å². The smallest absolute Gasteiger partial charge is 0.289 e. The lowest BCUT2D eigenvalue weighted by Crippen LogP contribution is -2.43. The van der Waals surface area contributed by atoms with Crippen molar-refractivity contribution in [2.75, 3.05) is 0 Å². The molecule has 3 heterocycles. The predicted octanol–water partition coefficient (Wildman–Crippen LogP) is 0.458. The second-order valence-corrected chi connectivity index (χ2v) is 5.09. The summed E-state index contributed by atoms with van der Waals surface area (Å²) in [5.74, 6) is -0.591. The maximum absolute atomic E-state index is 11.9. The molecule has 0 aliphatic carbocycles. The van der Waals surface area contributed by atoms with Crippen molar-refractivity contribution in [3.05, 3.63) is 17.2 Å². The van der Waals surface area contributed by atoms with E-state index >= 15 is 0 Å². The molecule has 96 valence electrons. The molecule has 0 saturated carbocycles. The third-order valence-electron chi connectivity index (χ3n) is 3.54. The van der Waals surface area contributed by atoms with Crippen LogP contribution in [0.15, 0.2) is 6.20 Å². The van der Waals surface area contributed by atoms with Gasteiger partial charge in [0.1, 0.15) is 0 Å². The SMILES string of the molecule is O=C(NC1CC2CCC1N2)c1ncc(O)c(Cl)n1. The molecule has 0 radical (unpaired) electrons. The van der Waals surface area contributed by atoms with Crippen LogP contribution in [0.1, 0.15) is 29.9 Å². The van der Waals surface area contributed by atoms with Crippen LogP contribution >= 0.6 is 11.6 Å². The minimum atomic E-state index is -0.351. The molecule has 3 N–H and O–H groups in total. The summed E-state index contributed by atoms with van der Waals surface area (Å²) >= 11 is 5.64. The van der Waals surface area contributed by atoms with E-state index in [1.165, 1.54) is 6.42 Å². The minimum absolute atomic E-state index is 0.0134. The Labute approximate surface area is 109 Å². The van der Waals surface area contributed by atoms with E-state index in [0.29, 0.717) is 12.1 Å². The molecule has 6 nitrogen and oxygen atoms in total. The number of fused-ring (bicyclic) bond motifs is 2. The fraction of sp³-hybridized carbons (Fsp3) is 0.545. The molecular formula is C11H13ClN4O2. The summed E-state index contributed by atoms with van der Waals surface area (Å²) in [6, 6.07) is 1.00. The van der Waals surface area contributed by atoms with Gasteiger partial charge in [-0.1, -0.05) is 11.6 Å². The van der Waals surface area contributed by atoms with Crippen LogP contribution < -0.4 is 10.6 Å². The molecule has 3 atom stereocenters. The lowest BCUT2D eigenvalue weighted by Gasteiger charge is -2.20. The highest BCUT2D eigenvalue weighted by Gasteiger charge is 2.39. The van der Waals surface area contributed by atoms with Gasteiger partial charge in [0.25, 0.3) is 5.91 Å². The lowest BCUT2D eigenvalue weighted by atomic mass is 9.95. The first-order valence-electron chi connectivity index (χ1n) is 5.92. The zero-order valence-electron chi connectivity index (χ0n) is 9.56. The first-order valence-corrected chi connectivity index (χ1v) is 6.29. The van der Waals surface area contributed by atoms with Gasteiger partial charge in [-0.25, -0.2) is 9.97 Å². The molecule has 2 fully saturated rings. The van der Waals surface area contributed by atoms with Crippen molar-refractivity contribution in [2.45, 2.75) is 37.4 Å². The van der Waals surface area contributed by atoms with E-state index in [-0.39, 0.29) is 28.7 Å². The maximum atomic E-state index is 11.9. The summed E-state index contributed by atoms with van der Waals surface area (Å²) in [5.41, 5.74) is 0. The van der Waals surface area contributed by atoms with Crippen molar-refractivity contribution in [1.82, 2.24) is 20.6 Å². The second-order valence-electron chi connectivity index (χ2n) is 4.73. The van der Waals surface area contributed by atoms with Gasteiger partial charge in [0.15, 0.2) is 10.9 Å². The Kier molecular flexibility index (Phi) is 2.83. The number of aromatic nitrogens is 2. The standard InChI is InChI=1S/C11H13ClN4O2/c12-9-8(17)4-13-10(16-9)11(18)15-7-3-5-1-2-6(7)14-5/h4-7,14,17H,1-3H2,(H,15,18). The number of hydrogen-bond donors (Lipinski definition) is 3. The third kappa shape index (κ3) is 2.02. The van der Waals surface area contributed by atoms with Crippen molar-refractivity contribution in [1.29, 1.82) is 0 Å². The van der Waals surface area contributed by atoms with Crippen LogP contribution in [0.2, 0.25) is 5.15 Å². The highest BCUT2D eigenvalue weighted by molar-refractivity contribution is 6.30. The number of amides is 1. The van der Waals surface area contributed by atoms with Crippen molar-refractivity contribution in [3.63, 3.8) is 0 Å². The van der Waals surface area contributed by atoms with E-state index in [4.69, 9.17) is 11.6 Å². The summed E-state index contributed by atoms with van der Waals surface area (Å²) in [5, 5.41) is 15.4. The molecule has 1 aromatic rings. The van der Waals surface area contributed by atoms with Crippen molar-refractivity contribution < 1.29 is 9.90 Å². The third-order valence-corrected chi connectivity index (χ3v) is 3.82. The largest absolute Gasteiger partial charge is 0.504 e. The number of halogens is 1. The number of carbonyl (C=O) groups excluding carboxylic acids is 1. The van der Waals surface area contributed by atoms with E-state index in [0.717, 1.165) is 19.0 Å². The maximum Gasteiger partial charge on any atom is 0.289 e. The molecule has 1 aromatic heterocycles. The van der Waals surface area contributed by atoms with Crippen molar-refractivity contribution >= 4 is 17.5 Å². The van der Waals surface area contributed by atoms with Gasteiger partial charge >= 0.3 is 0 Å². The van der Waals surface area contributed by atoms with Gasteiger partial charge < -0.3 is 15.7 Å². The number of nitrogens with zero attached hydrogens (tertiary/aromatic N) is 2. The topological polar surface area (TPSA) is 87.1 Å². The molecule has 3 rings (SSSR count). The summed E-state index contributed by atoms with van der Waals surface area (Å²) in [7, 11) is 0. The average molecular weight is 269 g/mol. The summed E-state index contributed by atoms with van der Waals surface area (Å²) in [6.45, 7) is 0. The van der Waals surface area contributed by atoms with Crippen LogP contribution in [0, 0.1) is 0 Å². The number of carbonyl (C=O) groups is 1. The highest BCUT2D eigenvalue weighted by Crippen LogP contribution is 2.28. The van der Waals surface area contributed by atoms with Crippen LogP contribution in [0.5, 0.6) is 5.75 Å². The van der Waals surface area contributed by atoms with E-state index in [1.807, 2.05) is 0 Å². The van der Waals surface area contributed by atoms with Gasteiger partial charge in [0.2, 0.25) is 5.82 Å². The Morgan fingerprint density at radius 3 is 3.00 bits per heavy atom. The first-order chi connectivity index (χ1) is 8.63. The zero-order valence-corrected chi connectivity index (χ0v) is 10.3. The Morgan fingerprint density at radius 2 is 2.39 bits per heavy atom. The fourth-order valence-electron chi connectivity index (χ4n) is 2.68. The Morgan fingerprint density at radius 1 is 1.56 bits per heavy atom. The number of nitrogens with one attached hydrogen (secondary N) is 2. The molecule has 3 unspecified atom stereocenters. The van der Waals surface area contributed by atoms with Crippen molar-refractivity contribution in [3.8, 4) is 5.75 Å². The molecule has 18 heavy (non-hydrogen) atoms. The number of aromatic hydroxyl groups is 1. The minimum Gasteiger partial charge on any atom is -0.504 e. The quantitative estimate of drug-likeness (QED) is 0.678. The summed E-state index contributed by atoms with van der Waals surface area (Å²) in [4.78, 5) is 19.5. The van der Waals surface area contributed by atoms with Gasteiger partial charge in [0.05, 0.1) is 6.20 Å². The molecule has 2 aliphatic rings. The molecule has 2 aliphatic heterocycles. The Bertz CT molecular complexity index is 496. The van der Waals surface area contributed by atoms with E-state index in [2.05, 4.69) is 20.6 Å². The lowest BCUT2D eigenvalue weighted by molar-refractivity contribution is 0.0920. The Balaban J connectivity index is 1.69. The normalized spacial score (nSPS) is 29.5. The number of hydrogen-bond acceptors (Lipinski definition) is 5. The average Bonchev–Trinajstić information content (AvgIpc) is 2.94. The van der Waals surface area contributed by atoms with E-state index in [1.54, 1.807) is 0 Å². The van der Waals surface area contributed by atoms with Gasteiger partial charge in [-0.05, 0) is 19.3 Å². The monoisotopic (exact) mass is 268 g/mol. The molecule has 0 spiro atoms. The first kappa shape index (κ1) is 11.7. The molecule has 2 saturated heterocycles. The predicted molar refractivity (Wildman–Crippen MR) is 64.5 cm³/mol. The molecular weight excluding hydrogens is 256 g/mol. The Hall–Kier alpha value is -1.40. The molecule has 1 amide bonds.